The molecule has 0 aliphatic rings. The third-order valence-electron chi connectivity index (χ3n) is 3.46. The summed E-state index contributed by atoms with van der Waals surface area (Å²) in [5.74, 6) is 0.744. The maximum Gasteiger partial charge on any atom is 0.230 e. The van der Waals surface area contributed by atoms with E-state index in [9.17, 15) is 4.79 Å². The molecule has 0 aliphatic heterocycles. The molecule has 1 N–H and O–H groups in total. The molecule has 0 unspecified atom stereocenters. The Labute approximate surface area is 164 Å². The Bertz CT molecular complexity index is 879. The monoisotopic (exact) mass is 464 g/mol. The lowest BCUT2D eigenvalue weighted by Crippen LogP contribution is -2.15. The van der Waals surface area contributed by atoms with Crippen molar-refractivity contribution in [1.82, 2.24) is 4.98 Å². The third-order valence-corrected chi connectivity index (χ3v) is 5.32. The average Bonchev–Trinajstić information content (AvgIpc) is 3.06. The standard InChI is InChI=1S/C19H17IN2O2S/c1-2-24-17-10-6-3-7-14(17)19-21-13(12-25-19)11-18(23)22-16-9-5-4-8-15(16)20/h3-10,12H,2,11H2,1H3,(H,22,23). The SMILES string of the molecule is CCOc1ccccc1-c1nc(CC(=O)Nc2ccccc2I)cs1. The van der Waals surface area contributed by atoms with Crippen LogP contribution in [-0.2, 0) is 11.2 Å². The van der Waals surface area contributed by atoms with Gasteiger partial charge >= 0.3 is 0 Å². The van der Waals surface area contributed by atoms with Crippen molar-refractivity contribution in [3.8, 4) is 16.3 Å². The largest absolute Gasteiger partial charge is 0.493 e. The van der Waals surface area contributed by atoms with Gasteiger partial charge in [-0.05, 0) is 53.8 Å². The van der Waals surface area contributed by atoms with Gasteiger partial charge in [-0.3, -0.25) is 4.79 Å². The Kier molecular flexibility index (Phi) is 6.04. The van der Waals surface area contributed by atoms with E-state index in [2.05, 4.69) is 32.9 Å². The summed E-state index contributed by atoms with van der Waals surface area (Å²) in [6, 6.07) is 15.5. The summed E-state index contributed by atoms with van der Waals surface area (Å²) in [5, 5.41) is 5.72. The lowest BCUT2D eigenvalue weighted by molar-refractivity contribution is -0.115. The summed E-state index contributed by atoms with van der Waals surface area (Å²) in [6.07, 6.45) is 0.248. The Morgan fingerprint density at radius 2 is 1.96 bits per heavy atom. The van der Waals surface area contributed by atoms with Gasteiger partial charge in [0.15, 0.2) is 0 Å². The van der Waals surface area contributed by atoms with Gasteiger partial charge in [0.05, 0.1) is 30.0 Å². The average molecular weight is 464 g/mol. The summed E-state index contributed by atoms with van der Waals surface area (Å²) in [6.45, 7) is 2.56. The zero-order valence-electron chi connectivity index (χ0n) is 13.7. The van der Waals surface area contributed by atoms with Crippen molar-refractivity contribution >= 4 is 45.5 Å². The van der Waals surface area contributed by atoms with E-state index < -0.39 is 0 Å². The van der Waals surface area contributed by atoms with Crippen molar-refractivity contribution in [2.45, 2.75) is 13.3 Å². The Hall–Kier alpha value is -1.93. The molecule has 3 aromatic rings. The predicted octanol–water partition coefficient (Wildman–Crippen LogP) is 4.99. The van der Waals surface area contributed by atoms with Gasteiger partial charge in [0.25, 0.3) is 0 Å². The minimum absolute atomic E-state index is 0.0703. The van der Waals surface area contributed by atoms with Gasteiger partial charge in [-0.1, -0.05) is 24.3 Å². The van der Waals surface area contributed by atoms with Crippen LogP contribution in [0.5, 0.6) is 5.75 Å². The highest BCUT2D eigenvalue weighted by Gasteiger charge is 2.13. The highest BCUT2D eigenvalue weighted by atomic mass is 127. The van der Waals surface area contributed by atoms with Crippen LogP contribution in [0, 0.1) is 3.57 Å². The van der Waals surface area contributed by atoms with E-state index >= 15 is 0 Å². The number of aromatic nitrogens is 1. The lowest BCUT2D eigenvalue weighted by atomic mass is 10.2. The van der Waals surface area contributed by atoms with E-state index in [0.29, 0.717) is 6.61 Å². The molecule has 0 saturated heterocycles. The summed E-state index contributed by atoms with van der Waals surface area (Å²) in [7, 11) is 0. The minimum atomic E-state index is -0.0703. The highest BCUT2D eigenvalue weighted by molar-refractivity contribution is 14.1. The van der Waals surface area contributed by atoms with E-state index in [1.807, 2.05) is 60.8 Å². The molecule has 6 heteroatoms. The van der Waals surface area contributed by atoms with Gasteiger partial charge in [-0.2, -0.15) is 0 Å². The molecule has 0 aliphatic carbocycles. The quantitative estimate of drug-likeness (QED) is 0.523. The van der Waals surface area contributed by atoms with Crippen molar-refractivity contribution in [3.05, 3.63) is 63.2 Å². The number of hydrogen-bond acceptors (Lipinski definition) is 4. The zero-order chi connectivity index (χ0) is 17.6. The summed E-state index contributed by atoms with van der Waals surface area (Å²) >= 11 is 3.73. The summed E-state index contributed by atoms with van der Waals surface area (Å²) in [4.78, 5) is 16.9. The lowest BCUT2D eigenvalue weighted by Gasteiger charge is -2.07. The zero-order valence-corrected chi connectivity index (χ0v) is 16.6. The molecular weight excluding hydrogens is 447 g/mol. The molecule has 0 radical (unpaired) electrons. The first-order chi connectivity index (χ1) is 12.2. The molecule has 0 fully saturated rings. The second-order valence-corrected chi connectivity index (χ2v) is 7.30. The van der Waals surface area contributed by atoms with E-state index in [4.69, 9.17) is 4.74 Å². The Morgan fingerprint density at radius 1 is 1.20 bits per heavy atom. The number of carbonyl (C=O) groups excluding carboxylic acids is 1. The predicted molar refractivity (Wildman–Crippen MR) is 110 cm³/mol. The molecule has 128 valence electrons. The van der Waals surface area contributed by atoms with Crippen LogP contribution >= 0.6 is 33.9 Å². The molecule has 0 saturated carbocycles. The molecule has 2 aromatic carbocycles. The highest BCUT2D eigenvalue weighted by Crippen LogP contribution is 2.32. The third kappa shape index (κ3) is 4.58. The van der Waals surface area contributed by atoms with Crippen molar-refractivity contribution in [2.75, 3.05) is 11.9 Å². The first kappa shape index (κ1) is 17.9. The fourth-order valence-corrected chi connectivity index (χ4v) is 3.73. The number of benzene rings is 2. The molecule has 1 aromatic heterocycles. The topological polar surface area (TPSA) is 51.2 Å². The van der Waals surface area contributed by atoms with Crippen molar-refractivity contribution in [3.63, 3.8) is 0 Å². The van der Waals surface area contributed by atoms with Gasteiger partial charge in [-0.25, -0.2) is 4.98 Å². The number of nitrogens with one attached hydrogen (secondary N) is 1. The van der Waals surface area contributed by atoms with Crippen LogP contribution in [0.2, 0.25) is 0 Å². The fourth-order valence-electron chi connectivity index (χ4n) is 2.36. The number of para-hydroxylation sites is 2. The number of hydrogen-bond donors (Lipinski definition) is 1. The van der Waals surface area contributed by atoms with Gasteiger partial charge in [0.1, 0.15) is 10.8 Å². The van der Waals surface area contributed by atoms with E-state index in [0.717, 1.165) is 31.3 Å². The van der Waals surface area contributed by atoms with Crippen LogP contribution in [0.15, 0.2) is 53.9 Å². The van der Waals surface area contributed by atoms with Crippen LogP contribution < -0.4 is 10.1 Å². The number of carbonyl (C=O) groups is 1. The molecule has 3 rings (SSSR count). The number of amides is 1. The number of halogens is 1. The van der Waals surface area contributed by atoms with E-state index in [-0.39, 0.29) is 12.3 Å². The van der Waals surface area contributed by atoms with Gasteiger partial charge in [0, 0.05) is 8.95 Å². The second-order valence-electron chi connectivity index (χ2n) is 5.28. The van der Waals surface area contributed by atoms with Crippen LogP contribution in [-0.4, -0.2) is 17.5 Å². The number of thiazole rings is 1. The Balaban J connectivity index is 1.72. The van der Waals surface area contributed by atoms with Crippen LogP contribution in [0.4, 0.5) is 5.69 Å². The molecular formula is C19H17IN2O2S. The molecule has 0 atom stereocenters. The maximum absolute atomic E-state index is 12.3. The molecule has 0 spiro atoms. The molecule has 1 amide bonds. The fraction of sp³-hybridized carbons (Fsp3) is 0.158. The normalized spacial score (nSPS) is 10.5. The van der Waals surface area contributed by atoms with Gasteiger partial charge in [-0.15, -0.1) is 11.3 Å². The molecule has 4 nitrogen and oxygen atoms in total. The van der Waals surface area contributed by atoms with Crippen LogP contribution in [0.1, 0.15) is 12.6 Å². The smallest absolute Gasteiger partial charge is 0.230 e. The number of anilines is 1. The molecule has 1 heterocycles. The number of nitrogens with zero attached hydrogens (tertiary/aromatic N) is 1. The Morgan fingerprint density at radius 3 is 2.76 bits per heavy atom. The summed E-state index contributed by atoms with van der Waals surface area (Å²) < 4.78 is 6.67. The van der Waals surface area contributed by atoms with Crippen molar-refractivity contribution < 1.29 is 9.53 Å². The minimum Gasteiger partial charge on any atom is -0.493 e. The molecule has 25 heavy (non-hydrogen) atoms. The van der Waals surface area contributed by atoms with Gasteiger partial charge in [0.2, 0.25) is 5.91 Å². The van der Waals surface area contributed by atoms with Crippen LogP contribution in [0.25, 0.3) is 10.6 Å². The number of ether oxygens (including phenoxy) is 1. The maximum atomic E-state index is 12.3. The van der Waals surface area contributed by atoms with Crippen molar-refractivity contribution in [1.29, 1.82) is 0 Å². The van der Waals surface area contributed by atoms with Gasteiger partial charge < -0.3 is 10.1 Å². The first-order valence-electron chi connectivity index (χ1n) is 7.88. The van der Waals surface area contributed by atoms with Crippen molar-refractivity contribution in [2.24, 2.45) is 0 Å². The van der Waals surface area contributed by atoms with E-state index in [1.165, 1.54) is 11.3 Å². The van der Waals surface area contributed by atoms with Crippen LogP contribution in [0.3, 0.4) is 0 Å². The number of rotatable bonds is 6. The first-order valence-corrected chi connectivity index (χ1v) is 9.84. The van der Waals surface area contributed by atoms with E-state index in [1.54, 1.807) is 0 Å². The molecule has 0 bridgehead atoms. The second kappa shape index (κ2) is 8.44. The summed E-state index contributed by atoms with van der Waals surface area (Å²) in [5.41, 5.74) is 2.54.